The number of methoxy groups -OCH3 is 1. The number of hydrogen-bond donors (Lipinski definition) is 3. The number of nitrogens with one attached hydrogen (secondary N) is 2. The van der Waals surface area contributed by atoms with Crippen molar-refractivity contribution in [3.8, 4) is 5.75 Å². The Labute approximate surface area is 311 Å². The van der Waals surface area contributed by atoms with Crippen LogP contribution in [0.15, 0.2) is 60.0 Å². The number of ether oxygens (including phenoxy) is 2. The largest absolute Gasteiger partial charge is 0.494 e. The first kappa shape index (κ1) is 40.8. The van der Waals surface area contributed by atoms with Gasteiger partial charge >= 0.3 is 11.9 Å². The molecule has 2 aliphatic heterocycles. The molecule has 3 aromatic rings. The third-order valence-corrected chi connectivity index (χ3v) is 12.1. The molecule has 51 heavy (non-hydrogen) atoms. The van der Waals surface area contributed by atoms with Crippen molar-refractivity contribution in [2.75, 3.05) is 39.1 Å². The molecular weight excluding hydrogens is 710 g/mol. The van der Waals surface area contributed by atoms with Gasteiger partial charge in [0.15, 0.2) is 0 Å². The second-order valence-electron chi connectivity index (χ2n) is 13.1. The van der Waals surface area contributed by atoms with E-state index >= 15 is 0 Å². The van der Waals surface area contributed by atoms with Crippen LogP contribution in [0.5, 0.6) is 5.75 Å². The number of esters is 1. The molecular formula is C38H52ClN3O7S2. The summed E-state index contributed by atoms with van der Waals surface area (Å²) in [5, 5.41) is 15.5. The van der Waals surface area contributed by atoms with Crippen LogP contribution in [-0.4, -0.2) is 75.5 Å². The predicted molar refractivity (Wildman–Crippen MR) is 203 cm³/mol. The number of sulfonamides is 1. The molecule has 0 bridgehead atoms. The van der Waals surface area contributed by atoms with E-state index < -0.39 is 28.1 Å². The lowest BCUT2D eigenvalue weighted by molar-refractivity contribution is -0.147. The molecule has 280 valence electrons. The van der Waals surface area contributed by atoms with Gasteiger partial charge in [-0.1, -0.05) is 61.7 Å². The normalized spacial score (nSPS) is 16.3. The van der Waals surface area contributed by atoms with E-state index in [-0.39, 0.29) is 18.1 Å². The Balaban J connectivity index is 0.000000242. The lowest BCUT2D eigenvalue weighted by Crippen LogP contribution is -2.43. The Hall–Kier alpha value is -3.00. The molecule has 2 atom stereocenters. The van der Waals surface area contributed by atoms with Crippen LogP contribution in [0.25, 0.3) is 0 Å². The topological polar surface area (TPSA) is 134 Å². The molecule has 1 aromatic heterocycles. The van der Waals surface area contributed by atoms with Crippen LogP contribution in [0.1, 0.15) is 79.5 Å². The minimum Gasteiger partial charge on any atom is -0.494 e. The SMILES string of the molecule is CCCCS(=O)(=O)N[C@@H](Cc1ccc(OCCCCC2CCNCC2)cc1)C(=O)O.COC(=O)[C@H](c1ccccc1Cl)N1CCc2sccc2C1. The van der Waals surface area contributed by atoms with Crippen LogP contribution >= 0.6 is 22.9 Å². The molecule has 0 spiro atoms. The summed E-state index contributed by atoms with van der Waals surface area (Å²) in [6.45, 7) is 6.41. The van der Waals surface area contributed by atoms with E-state index in [4.69, 9.17) is 21.1 Å². The standard InChI is InChI=1S/C22H36N2O5S.C16H16ClNO2S/c1-2-3-16-30(27,28)24-21(22(25)26)17-19-7-9-20(10-8-19)29-15-5-4-6-18-11-13-23-14-12-18;1-20-16(19)15(12-4-2-3-5-13(12)17)18-8-6-14-11(10-18)7-9-21-14/h7-10,18,21,23-24H,2-6,11-17H2,1H3,(H,25,26);2-5,7,9,15H,6,8,10H2,1H3/t21-;15-/m00/s1. The first-order valence-corrected chi connectivity index (χ1v) is 20.8. The fourth-order valence-electron chi connectivity index (χ4n) is 6.41. The second-order valence-corrected chi connectivity index (χ2v) is 16.4. The van der Waals surface area contributed by atoms with E-state index in [0.717, 1.165) is 68.2 Å². The van der Waals surface area contributed by atoms with Crippen molar-refractivity contribution in [2.24, 2.45) is 5.92 Å². The predicted octanol–water partition coefficient (Wildman–Crippen LogP) is 6.62. The highest BCUT2D eigenvalue weighted by Gasteiger charge is 2.33. The van der Waals surface area contributed by atoms with Crippen molar-refractivity contribution in [1.29, 1.82) is 0 Å². The van der Waals surface area contributed by atoms with Gasteiger partial charge in [-0.25, -0.2) is 17.9 Å². The number of hydrogen-bond acceptors (Lipinski definition) is 9. The lowest BCUT2D eigenvalue weighted by Gasteiger charge is -2.33. The molecule has 2 aliphatic rings. The van der Waals surface area contributed by atoms with Gasteiger partial charge in [-0.3, -0.25) is 9.69 Å². The molecule has 13 heteroatoms. The number of rotatable bonds is 17. The number of piperidine rings is 1. The highest BCUT2D eigenvalue weighted by Crippen LogP contribution is 2.34. The number of fused-ring (bicyclic) bond motifs is 1. The van der Waals surface area contributed by atoms with Gasteiger partial charge in [0.2, 0.25) is 10.0 Å². The van der Waals surface area contributed by atoms with Crippen LogP contribution in [0.2, 0.25) is 5.02 Å². The maximum absolute atomic E-state index is 12.3. The minimum atomic E-state index is -3.60. The quantitative estimate of drug-likeness (QED) is 0.102. The first-order chi connectivity index (χ1) is 24.6. The number of benzene rings is 2. The Bertz CT molecular complexity index is 1630. The Morgan fingerprint density at radius 2 is 1.82 bits per heavy atom. The fourth-order valence-corrected chi connectivity index (χ4v) is 8.95. The summed E-state index contributed by atoms with van der Waals surface area (Å²) in [6, 6.07) is 15.2. The molecule has 5 rings (SSSR count). The molecule has 0 radical (unpaired) electrons. The second kappa shape index (κ2) is 20.9. The van der Waals surface area contributed by atoms with Gasteiger partial charge in [0.05, 0.1) is 19.5 Å². The highest BCUT2D eigenvalue weighted by atomic mass is 35.5. The van der Waals surface area contributed by atoms with Crippen LogP contribution in [0.4, 0.5) is 0 Å². The summed E-state index contributed by atoms with van der Waals surface area (Å²) in [5.74, 6) is 0.0894. The third kappa shape index (κ3) is 13.2. The van der Waals surface area contributed by atoms with E-state index in [1.807, 2.05) is 43.3 Å². The minimum absolute atomic E-state index is 0.0578. The average Bonchev–Trinajstić information content (AvgIpc) is 3.61. The van der Waals surface area contributed by atoms with Crippen LogP contribution in [-0.2, 0) is 43.7 Å². The molecule has 3 N–H and O–H groups in total. The number of halogens is 1. The number of unbranched alkanes of at least 4 members (excludes halogenated alkanes) is 2. The number of nitrogens with zero attached hydrogens (tertiary/aromatic N) is 1. The third-order valence-electron chi connectivity index (χ3n) is 9.31. The number of carboxylic acids is 1. The van der Waals surface area contributed by atoms with E-state index in [1.54, 1.807) is 23.5 Å². The fraction of sp³-hybridized carbons (Fsp3) is 0.526. The maximum Gasteiger partial charge on any atom is 0.327 e. The van der Waals surface area contributed by atoms with Crippen molar-refractivity contribution in [2.45, 2.75) is 83.3 Å². The van der Waals surface area contributed by atoms with Gasteiger partial charge in [-0.2, -0.15) is 0 Å². The molecule has 0 saturated carbocycles. The van der Waals surface area contributed by atoms with E-state index in [0.29, 0.717) is 18.1 Å². The van der Waals surface area contributed by atoms with Gasteiger partial charge in [0.1, 0.15) is 17.8 Å². The number of carbonyl (C=O) groups excluding carboxylic acids is 1. The monoisotopic (exact) mass is 761 g/mol. The van der Waals surface area contributed by atoms with E-state index in [9.17, 15) is 23.1 Å². The molecule has 0 unspecified atom stereocenters. The van der Waals surface area contributed by atoms with Crippen LogP contribution in [0.3, 0.4) is 0 Å². The van der Waals surface area contributed by atoms with Crippen molar-refractivity contribution < 1.29 is 32.6 Å². The summed E-state index contributed by atoms with van der Waals surface area (Å²) < 4.78 is 37.1. The summed E-state index contributed by atoms with van der Waals surface area (Å²) in [6.07, 6.45) is 8.29. The van der Waals surface area contributed by atoms with Crippen molar-refractivity contribution in [3.05, 3.63) is 86.6 Å². The molecule has 0 amide bonds. The average molecular weight is 762 g/mol. The Kier molecular flexibility index (Phi) is 16.7. The molecule has 0 aliphatic carbocycles. The number of thiophene rings is 1. The van der Waals surface area contributed by atoms with Gasteiger partial charge in [0, 0.05) is 23.0 Å². The van der Waals surface area contributed by atoms with Gasteiger partial charge in [0.25, 0.3) is 0 Å². The Morgan fingerprint density at radius 1 is 1.08 bits per heavy atom. The van der Waals surface area contributed by atoms with Gasteiger partial charge < -0.3 is 19.9 Å². The van der Waals surface area contributed by atoms with Crippen molar-refractivity contribution in [3.63, 3.8) is 0 Å². The molecule has 1 fully saturated rings. The zero-order valence-electron chi connectivity index (χ0n) is 29.7. The Morgan fingerprint density at radius 3 is 2.51 bits per heavy atom. The van der Waals surface area contributed by atoms with Gasteiger partial charge in [-0.15, -0.1) is 11.3 Å². The smallest absolute Gasteiger partial charge is 0.327 e. The van der Waals surface area contributed by atoms with Gasteiger partial charge in [-0.05, 0) is 110 Å². The number of aliphatic carboxylic acids is 1. The summed E-state index contributed by atoms with van der Waals surface area (Å²) in [4.78, 5) is 27.3. The van der Waals surface area contributed by atoms with E-state index in [1.165, 1.54) is 43.2 Å². The molecule has 1 saturated heterocycles. The van der Waals surface area contributed by atoms with Crippen LogP contribution in [0, 0.1) is 5.92 Å². The zero-order chi connectivity index (χ0) is 36.6. The summed E-state index contributed by atoms with van der Waals surface area (Å²) in [5.41, 5.74) is 2.86. The van der Waals surface area contributed by atoms with E-state index in [2.05, 4.69) is 26.4 Å². The number of carbonyl (C=O) groups is 2. The molecule has 2 aromatic carbocycles. The zero-order valence-corrected chi connectivity index (χ0v) is 32.0. The highest BCUT2D eigenvalue weighted by molar-refractivity contribution is 7.89. The summed E-state index contributed by atoms with van der Waals surface area (Å²) in [7, 11) is -2.18. The van der Waals surface area contributed by atoms with Crippen molar-refractivity contribution in [1.82, 2.24) is 14.9 Å². The lowest BCUT2D eigenvalue weighted by atomic mass is 9.93. The summed E-state index contributed by atoms with van der Waals surface area (Å²) >= 11 is 8.07. The molecule has 3 heterocycles. The van der Waals surface area contributed by atoms with Crippen LogP contribution < -0.4 is 14.8 Å². The first-order valence-electron chi connectivity index (χ1n) is 17.9. The maximum atomic E-state index is 12.3. The number of carboxylic acid groups (broad SMARTS) is 1. The molecule has 10 nitrogen and oxygen atoms in total. The van der Waals surface area contributed by atoms with Crippen molar-refractivity contribution >= 4 is 44.9 Å².